The minimum atomic E-state index is -0.456. The van der Waals surface area contributed by atoms with Crippen molar-refractivity contribution in [3.8, 4) is 0 Å². The van der Waals surface area contributed by atoms with Crippen LogP contribution in [0.25, 0.3) is 0 Å². The average Bonchev–Trinajstić information content (AvgIpc) is 2.49. The fourth-order valence-corrected chi connectivity index (χ4v) is 2.73. The van der Waals surface area contributed by atoms with Crippen molar-refractivity contribution >= 4 is 6.09 Å². The SMILES string of the molecule is CC(C)(C)OC(=O)NCCNCCc1nncc2c1CCCC2. The van der Waals surface area contributed by atoms with Crippen molar-refractivity contribution < 1.29 is 9.53 Å². The van der Waals surface area contributed by atoms with Gasteiger partial charge in [-0.25, -0.2) is 4.79 Å². The Morgan fingerprint density at radius 1 is 1.22 bits per heavy atom. The molecule has 1 aliphatic carbocycles. The van der Waals surface area contributed by atoms with E-state index in [4.69, 9.17) is 4.74 Å². The summed E-state index contributed by atoms with van der Waals surface area (Å²) in [6.07, 6.45) is 7.18. The van der Waals surface area contributed by atoms with E-state index in [2.05, 4.69) is 20.8 Å². The standard InChI is InChI=1S/C17H28N4O2/c1-17(2,3)23-16(22)19-11-10-18-9-8-15-14-7-5-4-6-13(14)12-20-21-15/h12,18H,4-11H2,1-3H3,(H,19,22). The van der Waals surface area contributed by atoms with Gasteiger partial charge in [-0.05, 0) is 57.6 Å². The van der Waals surface area contributed by atoms with Crippen LogP contribution in [0, 0.1) is 0 Å². The first kappa shape index (κ1) is 17.7. The molecule has 2 N–H and O–H groups in total. The van der Waals surface area contributed by atoms with E-state index in [1.807, 2.05) is 27.0 Å². The molecule has 0 saturated carbocycles. The molecule has 0 bridgehead atoms. The molecule has 0 spiro atoms. The maximum atomic E-state index is 11.5. The Labute approximate surface area is 138 Å². The minimum absolute atomic E-state index is 0.373. The second-order valence-electron chi connectivity index (χ2n) is 6.93. The molecule has 6 heteroatoms. The largest absolute Gasteiger partial charge is 0.444 e. The van der Waals surface area contributed by atoms with Crippen LogP contribution >= 0.6 is 0 Å². The van der Waals surface area contributed by atoms with Crippen LogP contribution < -0.4 is 10.6 Å². The lowest BCUT2D eigenvalue weighted by atomic mass is 9.91. The van der Waals surface area contributed by atoms with Gasteiger partial charge in [-0.1, -0.05) is 0 Å². The summed E-state index contributed by atoms with van der Waals surface area (Å²) in [6, 6.07) is 0. The first-order valence-electron chi connectivity index (χ1n) is 8.45. The van der Waals surface area contributed by atoms with Crippen molar-refractivity contribution in [3.05, 3.63) is 23.0 Å². The van der Waals surface area contributed by atoms with E-state index in [1.54, 1.807) is 0 Å². The van der Waals surface area contributed by atoms with E-state index in [1.165, 1.54) is 24.0 Å². The molecule has 2 rings (SSSR count). The quantitative estimate of drug-likeness (QED) is 0.784. The summed E-state index contributed by atoms with van der Waals surface area (Å²) < 4.78 is 5.18. The molecule has 6 nitrogen and oxygen atoms in total. The first-order valence-corrected chi connectivity index (χ1v) is 8.45. The van der Waals surface area contributed by atoms with Crippen LogP contribution in [0.5, 0.6) is 0 Å². The number of aromatic nitrogens is 2. The third-order valence-electron chi connectivity index (χ3n) is 3.76. The van der Waals surface area contributed by atoms with Crippen LogP contribution in [0.4, 0.5) is 4.79 Å². The van der Waals surface area contributed by atoms with Crippen LogP contribution in [0.2, 0.25) is 0 Å². The van der Waals surface area contributed by atoms with Crippen molar-refractivity contribution in [1.29, 1.82) is 0 Å². The minimum Gasteiger partial charge on any atom is -0.444 e. The Morgan fingerprint density at radius 2 is 2.00 bits per heavy atom. The summed E-state index contributed by atoms with van der Waals surface area (Å²) in [7, 11) is 0. The molecule has 1 aliphatic rings. The predicted octanol–water partition coefficient (Wildman–Crippen LogP) is 2.01. The van der Waals surface area contributed by atoms with Gasteiger partial charge in [0, 0.05) is 26.1 Å². The van der Waals surface area contributed by atoms with Crippen LogP contribution in [0.3, 0.4) is 0 Å². The Balaban J connectivity index is 1.64. The molecule has 0 aromatic carbocycles. The molecular formula is C17H28N4O2. The highest BCUT2D eigenvalue weighted by atomic mass is 16.6. The van der Waals surface area contributed by atoms with Gasteiger partial charge in [-0.15, -0.1) is 0 Å². The highest BCUT2D eigenvalue weighted by Crippen LogP contribution is 2.22. The van der Waals surface area contributed by atoms with Gasteiger partial charge in [-0.2, -0.15) is 10.2 Å². The number of carbonyl (C=O) groups excluding carboxylic acids is 1. The Kier molecular flexibility index (Phi) is 6.33. The maximum Gasteiger partial charge on any atom is 0.407 e. The summed E-state index contributed by atoms with van der Waals surface area (Å²) in [5, 5.41) is 14.5. The molecule has 1 amide bonds. The highest BCUT2D eigenvalue weighted by molar-refractivity contribution is 5.67. The molecule has 1 aromatic heterocycles. The summed E-state index contributed by atoms with van der Waals surface area (Å²) in [4.78, 5) is 11.5. The molecule has 23 heavy (non-hydrogen) atoms. The van der Waals surface area contributed by atoms with Crippen molar-refractivity contribution in [3.63, 3.8) is 0 Å². The number of rotatable bonds is 6. The van der Waals surface area contributed by atoms with Gasteiger partial charge < -0.3 is 15.4 Å². The molecule has 0 atom stereocenters. The summed E-state index contributed by atoms with van der Waals surface area (Å²) >= 11 is 0. The molecule has 0 radical (unpaired) electrons. The molecule has 128 valence electrons. The number of alkyl carbamates (subject to hydrolysis) is 1. The van der Waals surface area contributed by atoms with Gasteiger partial charge in [0.25, 0.3) is 0 Å². The van der Waals surface area contributed by atoms with Crippen molar-refractivity contribution in [2.45, 2.75) is 58.5 Å². The van der Waals surface area contributed by atoms with Crippen molar-refractivity contribution in [1.82, 2.24) is 20.8 Å². The summed E-state index contributed by atoms with van der Waals surface area (Å²) in [6.45, 7) is 7.65. The second-order valence-corrected chi connectivity index (χ2v) is 6.93. The summed E-state index contributed by atoms with van der Waals surface area (Å²) in [5.41, 5.74) is 3.44. The third-order valence-corrected chi connectivity index (χ3v) is 3.76. The van der Waals surface area contributed by atoms with Gasteiger partial charge >= 0.3 is 6.09 Å². The number of amides is 1. The van der Waals surface area contributed by atoms with E-state index in [9.17, 15) is 4.79 Å². The Morgan fingerprint density at radius 3 is 2.78 bits per heavy atom. The van der Waals surface area contributed by atoms with Crippen molar-refractivity contribution in [2.24, 2.45) is 0 Å². The molecule has 0 unspecified atom stereocenters. The van der Waals surface area contributed by atoms with Gasteiger partial charge in [0.15, 0.2) is 0 Å². The van der Waals surface area contributed by atoms with Crippen molar-refractivity contribution in [2.75, 3.05) is 19.6 Å². The molecule has 0 fully saturated rings. The molecule has 0 aliphatic heterocycles. The topological polar surface area (TPSA) is 76.1 Å². The number of carbonyl (C=O) groups is 1. The van der Waals surface area contributed by atoms with Crippen LogP contribution in [-0.2, 0) is 24.0 Å². The number of aryl methyl sites for hydroxylation is 1. The summed E-state index contributed by atoms with van der Waals surface area (Å²) in [5.74, 6) is 0. The predicted molar refractivity (Wildman–Crippen MR) is 89.5 cm³/mol. The lowest BCUT2D eigenvalue weighted by Crippen LogP contribution is -2.36. The zero-order chi connectivity index (χ0) is 16.7. The number of nitrogens with one attached hydrogen (secondary N) is 2. The van der Waals surface area contributed by atoms with E-state index in [0.29, 0.717) is 13.1 Å². The van der Waals surface area contributed by atoms with E-state index >= 15 is 0 Å². The zero-order valence-electron chi connectivity index (χ0n) is 14.4. The Hall–Kier alpha value is -1.69. The fourth-order valence-electron chi connectivity index (χ4n) is 2.73. The van der Waals surface area contributed by atoms with E-state index in [0.717, 1.165) is 31.5 Å². The fraction of sp³-hybridized carbons (Fsp3) is 0.706. The highest BCUT2D eigenvalue weighted by Gasteiger charge is 2.16. The Bertz CT molecular complexity index is 526. The molecule has 1 heterocycles. The lowest BCUT2D eigenvalue weighted by molar-refractivity contribution is 0.0528. The molecule has 0 saturated heterocycles. The zero-order valence-corrected chi connectivity index (χ0v) is 14.4. The van der Waals surface area contributed by atoms with Crippen LogP contribution in [0.1, 0.15) is 50.4 Å². The average molecular weight is 320 g/mol. The number of nitrogens with zero attached hydrogens (tertiary/aromatic N) is 2. The van der Waals surface area contributed by atoms with Crippen LogP contribution in [0.15, 0.2) is 6.20 Å². The molecule has 1 aromatic rings. The maximum absolute atomic E-state index is 11.5. The van der Waals surface area contributed by atoms with Gasteiger partial charge in [0.2, 0.25) is 0 Å². The van der Waals surface area contributed by atoms with Gasteiger partial charge in [0.1, 0.15) is 5.60 Å². The van der Waals surface area contributed by atoms with Gasteiger partial charge in [0.05, 0.1) is 11.9 Å². The second kappa shape index (κ2) is 8.24. The normalized spacial score (nSPS) is 14.2. The van der Waals surface area contributed by atoms with E-state index in [-0.39, 0.29) is 6.09 Å². The first-order chi connectivity index (χ1) is 11.0. The van der Waals surface area contributed by atoms with Gasteiger partial charge in [-0.3, -0.25) is 0 Å². The lowest BCUT2D eigenvalue weighted by Gasteiger charge is -2.19. The third kappa shape index (κ3) is 6.14. The van der Waals surface area contributed by atoms with Crippen LogP contribution in [-0.4, -0.2) is 41.5 Å². The molecular weight excluding hydrogens is 292 g/mol. The number of fused-ring (bicyclic) bond motifs is 1. The number of ether oxygens (including phenoxy) is 1. The monoisotopic (exact) mass is 320 g/mol. The number of hydrogen-bond donors (Lipinski definition) is 2. The van der Waals surface area contributed by atoms with E-state index < -0.39 is 5.60 Å². The number of hydrogen-bond acceptors (Lipinski definition) is 5. The smallest absolute Gasteiger partial charge is 0.407 e.